The Morgan fingerprint density at radius 3 is 2.52 bits per heavy atom. The predicted octanol–water partition coefficient (Wildman–Crippen LogP) is 4.40. The van der Waals surface area contributed by atoms with E-state index >= 15 is 0 Å². The third-order valence-corrected chi connectivity index (χ3v) is 4.22. The van der Waals surface area contributed by atoms with Crippen molar-refractivity contribution in [2.75, 3.05) is 0 Å². The molecule has 0 fully saturated rings. The maximum absolute atomic E-state index is 14.1. The van der Waals surface area contributed by atoms with Crippen molar-refractivity contribution in [2.24, 2.45) is 7.05 Å². The molecule has 0 aliphatic carbocycles. The molecule has 21 heavy (non-hydrogen) atoms. The lowest BCUT2D eigenvalue weighted by Gasteiger charge is -2.12. The predicted molar refractivity (Wildman–Crippen MR) is 84.7 cm³/mol. The monoisotopic (exact) mass is 281 g/mol. The van der Waals surface area contributed by atoms with Gasteiger partial charge in [0.1, 0.15) is 14.2 Å². The molecule has 3 rings (SSSR count). The molecule has 2 heteroatoms. The van der Waals surface area contributed by atoms with E-state index in [1.165, 1.54) is 0 Å². The van der Waals surface area contributed by atoms with E-state index in [-0.39, 0.29) is 5.82 Å². The summed E-state index contributed by atoms with van der Waals surface area (Å²) in [5, 5.41) is 2.11. The van der Waals surface area contributed by atoms with Crippen molar-refractivity contribution in [1.82, 2.24) is 0 Å². The molecular weight excluding hydrogens is 261 g/mol. The van der Waals surface area contributed by atoms with Crippen LogP contribution in [-0.4, -0.2) is 0 Å². The van der Waals surface area contributed by atoms with E-state index in [9.17, 15) is 4.39 Å². The minimum Gasteiger partial charge on any atom is -0.206 e. The second-order valence-corrected chi connectivity index (χ2v) is 5.57. The Bertz CT molecular complexity index is 900. The molecule has 0 amide bonds. The van der Waals surface area contributed by atoms with Gasteiger partial charge in [0.2, 0.25) is 5.69 Å². The Labute approximate surface area is 126 Å². The maximum atomic E-state index is 14.1. The number of hydrogen-bond donors (Lipinski definition) is 0. The second kappa shape index (κ2) is 4.96. The van der Waals surface area contributed by atoms with E-state index in [1.807, 2.05) is 55.8 Å². The number of halogens is 1. The summed E-state index contributed by atoms with van der Waals surface area (Å²) in [5.41, 5.74) is 4.19. The fourth-order valence-corrected chi connectivity index (χ4v) is 2.87. The lowest BCUT2D eigenvalue weighted by atomic mass is 9.94. The Morgan fingerprint density at radius 1 is 1.05 bits per heavy atom. The molecule has 0 saturated heterocycles. The highest BCUT2D eigenvalue weighted by Gasteiger charge is 2.20. The summed E-state index contributed by atoms with van der Waals surface area (Å²) in [7, 11) is 1.89. The van der Waals surface area contributed by atoms with Gasteiger partial charge in [-0.1, -0.05) is 18.2 Å². The summed E-state index contributed by atoms with van der Waals surface area (Å²) in [4.78, 5) is 0. The first kappa shape index (κ1) is 12.5. The fourth-order valence-electron chi connectivity index (χ4n) is 2.87. The molecule has 0 radical (unpaired) electrons. The van der Waals surface area contributed by atoms with Crippen molar-refractivity contribution in [3.05, 3.63) is 65.1 Å². The smallest absolute Gasteiger partial charge is 0.206 e. The van der Waals surface area contributed by atoms with Crippen LogP contribution >= 0.6 is 0 Å². The van der Waals surface area contributed by atoms with Crippen LogP contribution in [0.25, 0.3) is 22.0 Å². The zero-order valence-corrected chi connectivity index (χ0v) is 12.8. The summed E-state index contributed by atoms with van der Waals surface area (Å²) < 4.78 is 24.2. The molecule has 1 nitrogen and oxygen atoms in total. The van der Waals surface area contributed by atoms with Gasteiger partial charge >= 0.3 is 0 Å². The zero-order chi connectivity index (χ0) is 16.0. The molecule has 0 aliphatic rings. The Balaban J connectivity index is 2.48. The normalized spacial score (nSPS) is 11.8. The van der Waals surface area contributed by atoms with E-state index in [4.69, 9.17) is 1.37 Å². The van der Waals surface area contributed by atoms with Gasteiger partial charge in [0, 0.05) is 6.07 Å². The van der Waals surface area contributed by atoms with Crippen LogP contribution in [0, 0.1) is 26.6 Å². The first-order valence-electron chi connectivity index (χ1n) is 7.57. The standard InChI is InChI=1S/C19H19FN/c1-12-11-17(13(2)14(3)18(12)20)19-16-8-6-5-7-15(16)9-10-21(19)4/h5-11H,1-4H3/q+1/i10D. The van der Waals surface area contributed by atoms with E-state index in [2.05, 4.69) is 6.07 Å². The highest BCUT2D eigenvalue weighted by atomic mass is 19.1. The molecule has 0 spiro atoms. The zero-order valence-electron chi connectivity index (χ0n) is 13.8. The maximum Gasteiger partial charge on any atom is 0.220 e. The van der Waals surface area contributed by atoms with Crippen molar-refractivity contribution in [3.63, 3.8) is 0 Å². The topological polar surface area (TPSA) is 3.88 Å². The highest BCUT2D eigenvalue weighted by molar-refractivity contribution is 5.93. The number of nitrogens with zero attached hydrogens (tertiary/aromatic N) is 1. The van der Waals surface area contributed by atoms with Gasteiger partial charge in [-0.15, -0.1) is 0 Å². The average Bonchev–Trinajstić information content (AvgIpc) is 2.51. The van der Waals surface area contributed by atoms with Gasteiger partial charge in [0.15, 0.2) is 6.17 Å². The van der Waals surface area contributed by atoms with Crippen LogP contribution in [0.2, 0.25) is 0 Å². The van der Waals surface area contributed by atoms with E-state index in [0.717, 1.165) is 27.6 Å². The second-order valence-electron chi connectivity index (χ2n) is 5.57. The lowest BCUT2D eigenvalue weighted by molar-refractivity contribution is -0.659. The highest BCUT2D eigenvalue weighted by Crippen LogP contribution is 2.31. The molecule has 3 aromatic rings. The Morgan fingerprint density at radius 2 is 1.76 bits per heavy atom. The van der Waals surface area contributed by atoms with Gasteiger partial charge in [0.05, 0.1) is 10.9 Å². The van der Waals surface area contributed by atoms with Gasteiger partial charge in [-0.05, 0) is 55.0 Å². The number of aryl methyl sites for hydroxylation is 1. The van der Waals surface area contributed by atoms with Crippen LogP contribution in [0.1, 0.15) is 18.1 Å². The van der Waals surface area contributed by atoms with E-state index in [0.29, 0.717) is 17.3 Å². The van der Waals surface area contributed by atoms with Crippen LogP contribution in [0.15, 0.2) is 42.6 Å². The number of rotatable bonds is 1. The quantitative estimate of drug-likeness (QED) is 0.582. The number of hydrogen-bond acceptors (Lipinski definition) is 0. The van der Waals surface area contributed by atoms with Crippen LogP contribution in [-0.2, 0) is 7.05 Å². The summed E-state index contributed by atoms with van der Waals surface area (Å²) in [5.74, 6) is -0.143. The number of benzene rings is 2. The third-order valence-electron chi connectivity index (χ3n) is 4.22. The molecule has 2 aromatic carbocycles. The van der Waals surface area contributed by atoms with Crippen LogP contribution in [0.4, 0.5) is 4.39 Å². The molecule has 0 bridgehead atoms. The first-order valence-corrected chi connectivity index (χ1v) is 7.07. The van der Waals surface area contributed by atoms with Crippen molar-refractivity contribution >= 4 is 10.8 Å². The minimum absolute atomic E-state index is 0.143. The Hall–Kier alpha value is -2.22. The van der Waals surface area contributed by atoms with Crippen molar-refractivity contribution < 1.29 is 10.3 Å². The number of pyridine rings is 1. The molecule has 1 heterocycles. The summed E-state index contributed by atoms with van der Waals surface area (Å²) in [6.07, 6.45) is 0.438. The van der Waals surface area contributed by atoms with Gasteiger partial charge in [-0.2, -0.15) is 0 Å². The number of fused-ring (bicyclic) bond motifs is 1. The molecular formula is C19H19FN+. The minimum atomic E-state index is -0.143. The molecule has 0 saturated carbocycles. The first-order chi connectivity index (χ1) is 10.4. The molecule has 0 N–H and O–H groups in total. The van der Waals surface area contributed by atoms with Crippen molar-refractivity contribution in [2.45, 2.75) is 20.8 Å². The molecule has 0 atom stereocenters. The molecule has 0 unspecified atom stereocenters. The van der Waals surface area contributed by atoms with Crippen molar-refractivity contribution in [3.8, 4) is 11.3 Å². The SMILES string of the molecule is [2H]c1cc2ccccc2c(-c2cc(C)c(F)c(C)c2C)[n+]1C. The van der Waals surface area contributed by atoms with Gasteiger partial charge in [-0.3, -0.25) is 0 Å². The molecule has 1 aromatic heterocycles. The van der Waals surface area contributed by atoms with E-state index in [1.54, 1.807) is 6.92 Å². The summed E-state index contributed by atoms with van der Waals surface area (Å²) in [6.45, 7) is 5.55. The number of aromatic nitrogens is 1. The average molecular weight is 281 g/mol. The van der Waals surface area contributed by atoms with Crippen LogP contribution in [0.5, 0.6) is 0 Å². The van der Waals surface area contributed by atoms with Gasteiger partial charge < -0.3 is 0 Å². The summed E-state index contributed by atoms with van der Waals surface area (Å²) in [6, 6.07) is 11.8. The van der Waals surface area contributed by atoms with Crippen LogP contribution < -0.4 is 4.57 Å². The summed E-state index contributed by atoms with van der Waals surface area (Å²) >= 11 is 0. The van der Waals surface area contributed by atoms with Gasteiger partial charge in [0.25, 0.3) is 0 Å². The van der Waals surface area contributed by atoms with Crippen molar-refractivity contribution in [1.29, 1.82) is 0 Å². The van der Waals surface area contributed by atoms with Crippen LogP contribution in [0.3, 0.4) is 0 Å². The Kier molecular flexibility index (Phi) is 2.95. The fraction of sp³-hybridized carbons (Fsp3) is 0.211. The molecule has 0 aliphatic heterocycles. The largest absolute Gasteiger partial charge is 0.220 e. The third kappa shape index (κ3) is 2.11. The van der Waals surface area contributed by atoms with E-state index < -0.39 is 0 Å². The molecule has 106 valence electrons. The lowest BCUT2D eigenvalue weighted by Crippen LogP contribution is -2.30. The van der Waals surface area contributed by atoms with Gasteiger partial charge in [-0.25, -0.2) is 8.96 Å².